The molecule has 0 aromatic rings. The van der Waals surface area contributed by atoms with Crippen LogP contribution in [0.15, 0.2) is 0 Å². The monoisotopic (exact) mass is 392 g/mol. The van der Waals surface area contributed by atoms with Crippen LogP contribution in [0, 0.1) is 0 Å². The van der Waals surface area contributed by atoms with Crippen LogP contribution >= 0.6 is 0 Å². The summed E-state index contributed by atoms with van der Waals surface area (Å²) in [5, 5.41) is 0. The van der Waals surface area contributed by atoms with Crippen LogP contribution in [0.1, 0.15) is 0 Å². The van der Waals surface area contributed by atoms with E-state index >= 15 is 0 Å². The van der Waals surface area contributed by atoms with Crippen LogP contribution in [0.5, 0.6) is 0 Å². The quantitative estimate of drug-likeness (QED) is 0.417. The van der Waals surface area contributed by atoms with Crippen LogP contribution in [-0.2, 0) is 47.9 Å². The van der Waals surface area contributed by atoms with Crippen molar-refractivity contribution in [3.8, 4) is 0 Å². The Kier molecular flexibility index (Phi) is 26.3. The molecule has 0 bridgehead atoms. The fourth-order valence-corrected chi connectivity index (χ4v) is 0. The molecule has 6 heteroatoms. The molecule has 0 aliphatic carbocycles. The van der Waals surface area contributed by atoms with Crippen molar-refractivity contribution in [2.45, 2.75) is 0 Å². The van der Waals surface area contributed by atoms with Gasteiger partial charge in [-0.3, -0.25) is 0 Å². The summed E-state index contributed by atoms with van der Waals surface area (Å²) in [6.07, 6.45) is 0. The molecule has 0 saturated carbocycles. The summed E-state index contributed by atoms with van der Waals surface area (Å²) in [5.74, 6) is 0. The molecule has 3 nitrogen and oxygen atoms in total. The van der Waals surface area contributed by atoms with Crippen molar-refractivity contribution in [1.82, 2.24) is 0 Å². The Balaban J connectivity index is -0.0000000450. The molecule has 0 spiro atoms. The third kappa shape index (κ3) is 37.7. The second-order valence-electron chi connectivity index (χ2n) is 0.204. The number of hydrogen-bond donors (Lipinski definition) is 0. The Hall–Kier alpha value is 1.99. The van der Waals surface area contributed by atoms with E-state index in [0.717, 1.165) is 0 Å². The fourth-order valence-electron chi connectivity index (χ4n) is 0. The Bertz CT molecular complexity index is 31.8. The molecular formula is Ag2O3Te. The van der Waals surface area contributed by atoms with Gasteiger partial charge in [0.25, 0.3) is 0 Å². The van der Waals surface area contributed by atoms with E-state index in [1.54, 1.807) is 0 Å². The predicted octanol–water partition coefficient (Wildman–Crippen LogP) is -2.88. The van der Waals surface area contributed by atoms with Gasteiger partial charge in [-0.25, -0.2) is 0 Å². The van der Waals surface area contributed by atoms with Crippen LogP contribution in [0.2, 0.25) is 0 Å². The van der Waals surface area contributed by atoms with Crippen LogP contribution in [0.25, 0.3) is 0 Å². The molecular weight excluding hydrogens is 391 g/mol. The van der Waals surface area contributed by atoms with Crippen molar-refractivity contribution in [1.29, 1.82) is 0 Å². The van der Waals surface area contributed by atoms with E-state index < -0.39 is 20.4 Å². The van der Waals surface area contributed by atoms with Gasteiger partial charge in [0, 0.05) is 0 Å². The summed E-state index contributed by atoms with van der Waals surface area (Å²) in [4.78, 5) is 0. The standard InChI is InChI=1S/2Ag.H2O3Te/c;;1-4(2)3/h;;(H2,1,2,3)/q2*+1;/p-2. The van der Waals surface area contributed by atoms with Crippen LogP contribution < -0.4 is 6.94 Å². The molecule has 0 saturated heterocycles. The first-order valence-corrected chi connectivity index (χ1v) is 3.35. The first-order chi connectivity index (χ1) is 1.73. The second kappa shape index (κ2) is 10.1. The van der Waals surface area contributed by atoms with Gasteiger partial charge in [-0.15, -0.1) is 0 Å². The molecule has 46 valence electrons. The summed E-state index contributed by atoms with van der Waals surface area (Å²) >= 11 is -4.11. The van der Waals surface area contributed by atoms with Crippen LogP contribution in [0.4, 0.5) is 0 Å². The Morgan fingerprint density at radius 3 is 1.17 bits per heavy atom. The summed E-state index contributed by atoms with van der Waals surface area (Å²) in [7, 11) is 0. The Labute approximate surface area is 74.2 Å². The zero-order chi connectivity index (χ0) is 3.58. The SMILES string of the molecule is O=[Te]([O-])[O-].[Ag+].[Ag+]. The van der Waals surface area contributed by atoms with Crippen LogP contribution in [-0.4, -0.2) is 20.4 Å². The molecule has 0 aromatic carbocycles. The van der Waals surface area contributed by atoms with Crippen molar-refractivity contribution in [3.05, 3.63) is 0 Å². The molecule has 6 heavy (non-hydrogen) atoms. The maximum absolute atomic E-state index is 8.59. The van der Waals surface area contributed by atoms with Gasteiger partial charge in [0.15, 0.2) is 0 Å². The molecule has 0 aromatic heterocycles. The molecule has 0 rings (SSSR count). The molecule has 0 heterocycles. The third-order valence-electron chi connectivity index (χ3n) is 0. The number of hydrogen-bond acceptors (Lipinski definition) is 3. The normalized spacial score (nSPS) is 5.83. The third-order valence-corrected chi connectivity index (χ3v) is 0. The first-order valence-electron chi connectivity index (χ1n) is 0.500. The first kappa shape index (κ1) is 15.7. The zero-order valence-corrected chi connectivity index (χ0v) is 7.53. The minimum atomic E-state index is -4.11. The smallest absolute Gasteiger partial charge is 1.00 e. The van der Waals surface area contributed by atoms with Crippen molar-refractivity contribution in [2.24, 2.45) is 0 Å². The summed E-state index contributed by atoms with van der Waals surface area (Å²) in [5.41, 5.74) is 0. The van der Waals surface area contributed by atoms with Gasteiger partial charge in [0.1, 0.15) is 0 Å². The van der Waals surface area contributed by atoms with Crippen LogP contribution in [0.3, 0.4) is 0 Å². The average molecular weight is 391 g/mol. The Morgan fingerprint density at radius 1 is 1.17 bits per heavy atom. The zero-order valence-electron chi connectivity index (χ0n) is 2.24. The molecule has 0 N–H and O–H groups in total. The minimum absolute atomic E-state index is 0. The number of rotatable bonds is 0. The van der Waals surface area contributed by atoms with E-state index in [-0.39, 0.29) is 44.8 Å². The molecule has 0 fully saturated rings. The van der Waals surface area contributed by atoms with E-state index in [0.29, 0.717) is 0 Å². The topological polar surface area (TPSA) is 63.2 Å². The van der Waals surface area contributed by atoms with Crippen molar-refractivity contribution >= 4 is 20.4 Å². The van der Waals surface area contributed by atoms with Gasteiger partial charge in [0.2, 0.25) is 0 Å². The van der Waals surface area contributed by atoms with Gasteiger partial charge in [-0.05, 0) is 0 Å². The van der Waals surface area contributed by atoms with Gasteiger partial charge in [-0.2, -0.15) is 0 Å². The molecule has 0 aliphatic heterocycles. The van der Waals surface area contributed by atoms with E-state index in [1.807, 2.05) is 0 Å². The Morgan fingerprint density at radius 2 is 1.17 bits per heavy atom. The van der Waals surface area contributed by atoms with Gasteiger partial charge in [0.05, 0.1) is 0 Å². The molecule has 0 atom stereocenters. The van der Waals surface area contributed by atoms with Gasteiger partial charge >= 0.3 is 75.2 Å². The van der Waals surface area contributed by atoms with Gasteiger partial charge in [-0.1, -0.05) is 0 Å². The second-order valence-corrected chi connectivity index (χ2v) is 1.37. The molecule has 0 radical (unpaired) electrons. The fraction of sp³-hybridized carbons (Fsp3) is 0. The minimum Gasteiger partial charge on any atom is 1.00 e. The van der Waals surface area contributed by atoms with Crippen molar-refractivity contribution in [3.63, 3.8) is 0 Å². The summed E-state index contributed by atoms with van der Waals surface area (Å²) < 4.78 is 25.8. The van der Waals surface area contributed by atoms with Gasteiger partial charge < -0.3 is 0 Å². The summed E-state index contributed by atoms with van der Waals surface area (Å²) in [6, 6.07) is 0. The van der Waals surface area contributed by atoms with E-state index in [4.69, 9.17) is 10.0 Å². The van der Waals surface area contributed by atoms with E-state index in [9.17, 15) is 0 Å². The average Bonchev–Trinajstić information content (AvgIpc) is 0.811. The predicted molar refractivity (Wildman–Crippen MR) is 6.44 cm³/mol. The molecule has 0 unspecified atom stereocenters. The maximum atomic E-state index is 8.59. The van der Waals surface area contributed by atoms with Crippen molar-refractivity contribution in [2.75, 3.05) is 0 Å². The van der Waals surface area contributed by atoms with Crippen molar-refractivity contribution < 1.29 is 54.8 Å². The van der Waals surface area contributed by atoms with E-state index in [2.05, 4.69) is 0 Å². The molecule has 0 amide bonds. The largest absolute Gasteiger partial charge is 1.00 e. The van der Waals surface area contributed by atoms with E-state index in [1.165, 1.54) is 0 Å². The summed E-state index contributed by atoms with van der Waals surface area (Å²) in [6.45, 7) is 0. The molecule has 0 aliphatic rings. The maximum Gasteiger partial charge on any atom is 1.00 e.